The van der Waals surface area contributed by atoms with Gasteiger partial charge in [0.2, 0.25) is 0 Å². The van der Waals surface area contributed by atoms with Crippen LogP contribution in [-0.2, 0) is 4.74 Å². The summed E-state index contributed by atoms with van der Waals surface area (Å²) in [6, 6.07) is 0. The van der Waals surface area contributed by atoms with Crippen LogP contribution in [0.1, 0.15) is 46.0 Å². The van der Waals surface area contributed by atoms with E-state index in [-0.39, 0.29) is 0 Å². The highest BCUT2D eigenvalue weighted by Gasteiger charge is 2.19. The molecule has 0 saturated carbocycles. The first-order chi connectivity index (χ1) is 6.38. The van der Waals surface area contributed by atoms with Crippen LogP contribution in [0.15, 0.2) is 0 Å². The predicted octanol–water partition coefficient (Wildman–Crippen LogP) is 2.64. The lowest BCUT2D eigenvalue weighted by Crippen LogP contribution is -2.39. The molecular formula is C11H23NO. The van der Waals surface area contributed by atoms with E-state index in [1.807, 2.05) is 0 Å². The number of rotatable bonds is 5. The summed E-state index contributed by atoms with van der Waals surface area (Å²) < 4.78 is 5.75. The average Bonchev–Trinajstić information content (AvgIpc) is 2.21. The van der Waals surface area contributed by atoms with Crippen molar-refractivity contribution < 1.29 is 4.74 Å². The van der Waals surface area contributed by atoms with Crippen molar-refractivity contribution in [1.29, 1.82) is 0 Å². The molecule has 0 radical (unpaired) electrons. The molecule has 0 N–H and O–H groups in total. The van der Waals surface area contributed by atoms with Gasteiger partial charge in [-0.3, -0.25) is 4.90 Å². The molecule has 1 heterocycles. The molecule has 0 bridgehead atoms. The number of hydrogen-bond acceptors (Lipinski definition) is 2. The standard InChI is InChI=1S/C11H23NO/c1-3-5-9-12(4-2)11-8-6-7-10-13-11/h11H,3-10H2,1-2H3. The van der Waals surface area contributed by atoms with E-state index >= 15 is 0 Å². The minimum atomic E-state index is 0.422. The van der Waals surface area contributed by atoms with Crippen molar-refractivity contribution in [3.8, 4) is 0 Å². The van der Waals surface area contributed by atoms with Crippen LogP contribution < -0.4 is 0 Å². The molecule has 78 valence electrons. The quantitative estimate of drug-likeness (QED) is 0.653. The third-order valence-corrected chi connectivity index (χ3v) is 2.77. The van der Waals surface area contributed by atoms with Crippen LogP contribution in [0, 0.1) is 0 Å². The molecule has 1 aliphatic rings. The summed E-state index contributed by atoms with van der Waals surface area (Å²) in [6.45, 7) is 7.78. The van der Waals surface area contributed by atoms with E-state index in [4.69, 9.17) is 4.74 Å². The summed E-state index contributed by atoms with van der Waals surface area (Å²) >= 11 is 0. The largest absolute Gasteiger partial charge is 0.363 e. The number of nitrogens with zero attached hydrogens (tertiary/aromatic N) is 1. The monoisotopic (exact) mass is 185 g/mol. The lowest BCUT2D eigenvalue weighted by atomic mass is 10.1. The van der Waals surface area contributed by atoms with Gasteiger partial charge in [-0.25, -0.2) is 0 Å². The van der Waals surface area contributed by atoms with E-state index < -0.39 is 0 Å². The van der Waals surface area contributed by atoms with Gasteiger partial charge in [-0.2, -0.15) is 0 Å². The van der Waals surface area contributed by atoms with Crippen molar-refractivity contribution in [3.63, 3.8) is 0 Å². The molecule has 1 saturated heterocycles. The predicted molar refractivity (Wildman–Crippen MR) is 55.7 cm³/mol. The van der Waals surface area contributed by atoms with Gasteiger partial charge in [-0.05, 0) is 32.2 Å². The smallest absolute Gasteiger partial charge is 0.110 e. The topological polar surface area (TPSA) is 12.5 Å². The molecule has 2 nitrogen and oxygen atoms in total. The molecule has 0 spiro atoms. The molecule has 0 aromatic rings. The molecule has 0 amide bonds. The normalized spacial score (nSPS) is 23.8. The fourth-order valence-electron chi connectivity index (χ4n) is 1.88. The van der Waals surface area contributed by atoms with E-state index in [9.17, 15) is 0 Å². The maximum Gasteiger partial charge on any atom is 0.110 e. The third-order valence-electron chi connectivity index (χ3n) is 2.77. The van der Waals surface area contributed by atoms with Gasteiger partial charge >= 0.3 is 0 Å². The van der Waals surface area contributed by atoms with Gasteiger partial charge in [0.25, 0.3) is 0 Å². The van der Waals surface area contributed by atoms with Crippen molar-refractivity contribution in [2.24, 2.45) is 0 Å². The summed E-state index contributed by atoms with van der Waals surface area (Å²) in [5.74, 6) is 0. The second-order valence-electron chi connectivity index (χ2n) is 3.80. The van der Waals surface area contributed by atoms with E-state index in [1.54, 1.807) is 0 Å². The van der Waals surface area contributed by atoms with Crippen molar-refractivity contribution in [3.05, 3.63) is 0 Å². The summed E-state index contributed by atoms with van der Waals surface area (Å²) in [7, 11) is 0. The van der Waals surface area contributed by atoms with E-state index in [2.05, 4.69) is 18.7 Å². The first kappa shape index (κ1) is 11.0. The number of unbranched alkanes of at least 4 members (excludes halogenated alkanes) is 1. The lowest BCUT2D eigenvalue weighted by Gasteiger charge is -2.33. The summed E-state index contributed by atoms with van der Waals surface area (Å²) in [6.07, 6.45) is 6.83. The molecule has 2 heteroatoms. The molecule has 0 aliphatic carbocycles. The van der Waals surface area contributed by atoms with Gasteiger partial charge in [0.05, 0.1) is 0 Å². The minimum absolute atomic E-state index is 0.422. The zero-order valence-electron chi connectivity index (χ0n) is 9.09. The Morgan fingerprint density at radius 3 is 2.69 bits per heavy atom. The fraction of sp³-hybridized carbons (Fsp3) is 1.00. The zero-order chi connectivity index (χ0) is 9.52. The van der Waals surface area contributed by atoms with Gasteiger partial charge in [-0.15, -0.1) is 0 Å². The highest BCUT2D eigenvalue weighted by molar-refractivity contribution is 4.65. The molecule has 1 rings (SSSR count). The SMILES string of the molecule is CCCCN(CC)C1CCCCO1. The Morgan fingerprint density at radius 1 is 1.31 bits per heavy atom. The lowest BCUT2D eigenvalue weighted by molar-refractivity contribution is -0.0841. The summed E-state index contributed by atoms with van der Waals surface area (Å²) in [4.78, 5) is 2.47. The first-order valence-corrected chi connectivity index (χ1v) is 5.74. The first-order valence-electron chi connectivity index (χ1n) is 5.74. The average molecular weight is 185 g/mol. The van der Waals surface area contributed by atoms with Crippen LogP contribution in [0.2, 0.25) is 0 Å². The molecule has 0 aromatic carbocycles. The van der Waals surface area contributed by atoms with Crippen LogP contribution in [0.25, 0.3) is 0 Å². The molecule has 0 aromatic heterocycles. The molecular weight excluding hydrogens is 162 g/mol. The second kappa shape index (κ2) is 6.39. The maximum atomic E-state index is 5.75. The van der Waals surface area contributed by atoms with Gasteiger partial charge < -0.3 is 4.74 Å². The Labute approximate surface area is 82.3 Å². The minimum Gasteiger partial charge on any atom is -0.363 e. The zero-order valence-corrected chi connectivity index (χ0v) is 9.09. The van der Waals surface area contributed by atoms with Crippen molar-refractivity contribution in [2.45, 2.75) is 52.2 Å². The van der Waals surface area contributed by atoms with Gasteiger partial charge in [0.15, 0.2) is 0 Å². The molecule has 13 heavy (non-hydrogen) atoms. The molecule has 1 aliphatic heterocycles. The Morgan fingerprint density at radius 2 is 2.15 bits per heavy atom. The van der Waals surface area contributed by atoms with E-state index in [1.165, 1.54) is 38.6 Å². The second-order valence-corrected chi connectivity index (χ2v) is 3.80. The van der Waals surface area contributed by atoms with Gasteiger partial charge in [0, 0.05) is 13.2 Å². The Balaban J connectivity index is 2.26. The van der Waals surface area contributed by atoms with E-state index in [0.29, 0.717) is 6.23 Å². The molecule has 1 unspecified atom stereocenters. The van der Waals surface area contributed by atoms with Crippen LogP contribution in [-0.4, -0.2) is 30.8 Å². The summed E-state index contributed by atoms with van der Waals surface area (Å²) in [5.41, 5.74) is 0. The van der Waals surface area contributed by atoms with Crippen molar-refractivity contribution in [2.75, 3.05) is 19.7 Å². The van der Waals surface area contributed by atoms with Crippen molar-refractivity contribution >= 4 is 0 Å². The Bertz CT molecular complexity index is 121. The molecule has 1 atom stereocenters. The van der Waals surface area contributed by atoms with Gasteiger partial charge in [0.1, 0.15) is 6.23 Å². The van der Waals surface area contributed by atoms with Crippen LogP contribution in [0.4, 0.5) is 0 Å². The fourth-order valence-corrected chi connectivity index (χ4v) is 1.88. The van der Waals surface area contributed by atoms with E-state index in [0.717, 1.165) is 13.2 Å². The van der Waals surface area contributed by atoms with Gasteiger partial charge in [-0.1, -0.05) is 20.3 Å². The van der Waals surface area contributed by atoms with Crippen LogP contribution in [0.5, 0.6) is 0 Å². The summed E-state index contributed by atoms with van der Waals surface area (Å²) in [5, 5.41) is 0. The Hall–Kier alpha value is -0.0800. The highest BCUT2D eigenvalue weighted by Crippen LogP contribution is 2.16. The highest BCUT2D eigenvalue weighted by atomic mass is 16.5. The number of hydrogen-bond donors (Lipinski definition) is 0. The molecule has 1 fully saturated rings. The van der Waals surface area contributed by atoms with Crippen LogP contribution in [0.3, 0.4) is 0 Å². The van der Waals surface area contributed by atoms with Crippen LogP contribution >= 0.6 is 0 Å². The van der Waals surface area contributed by atoms with Crippen molar-refractivity contribution in [1.82, 2.24) is 4.90 Å². The number of ether oxygens (including phenoxy) is 1. The Kier molecular flexibility index (Phi) is 5.40. The third kappa shape index (κ3) is 3.65. The maximum absolute atomic E-state index is 5.75.